The quantitative estimate of drug-likeness (QED) is 0.854. The Labute approximate surface area is 126 Å². The zero-order valence-corrected chi connectivity index (χ0v) is 12.3. The van der Waals surface area contributed by atoms with Gasteiger partial charge in [-0.05, 0) is 53.6 Å². The summed E-state index contributed by atoms with van der Waals surface area (Å²) in [5, 5.41) is 19.4. The van der Waals surface area contributed by atoms with Crippen LogP contribution < -0.4 is 0 Å². The van der Waals surface area contributed by atoms with E-state index in [4.69, 9.17) is 0 Å². The van der Waals surface area contributed by atoms with Crippen LogP contribution in [0.2, 0.25) is 0 Å². The Hall–Kier alpha value is -1.96. The third-order valence-electron chi connectivity index (χ3n) is 4.51. The van der Waals surface area contributed by atoms with Crippen LogP contribution in [0.4, 0.5) is 0 Å². The molecular formula is C19H22O2. The highest BCUT2D eigenvalue weighted by molar-refractivity contribution is 5.41. The van der Waals surface area contributed by atoms with E-state index in [0.29, 0.717) is 18.1 Å². The molecule has 1 aliphatic carbocycles. The second-order valence-electron chi connectivity index (χ2n) is 6.07. The van der Waals surface area contributed by atoms with Crippen molar-refractivity contribution in [3.05, 3.63) is 59.2 Å². The van der Waals surface area contributed by atoms with Crippen molar-refractivity contribution in [2.24, 2.45) is 0 Å². The molecule has 0 saturated heterocycles. The molecule has 0 aliphatic heterocycles. The summed E-state index contributed by atoms with van der Waals surface area (Å²) in [6.45, 7) is 0. The molecule has 2 heteroatoms. The van der Waals surface area contributed by atoms with Crippen LogP contribution in [0.1, 0.15) is 54.7 Å². The van der Waals surface area contributed by atoms with Crippen LogP contribution in [-0.4, -0.2) is 10.2 Å². The van der Waals surface area contributed by atoms with Crippen LogP contribution in [-0.2, 0) is 6.42 Å². The van der Waals surface area contributed by atoms with E-state index in [9.17, 15) is 10.2 Å². The van der Waals surface area contributed by atoms with Crippen molar-refractivity contribution < 1.29 is 10.2 Å². The predicted octanol–water partition coefficient (Wildman–Crippen LogP) is 4.74. The molecule has 1 fully saturated rings. The number of benzene rings is 2. The number of rotatable bonds is 3. The molecule has 0 bridgehead atoms. The van der Waals surface area contributed by atoms with Gasteiger partial charge in [-0.15, -0.1) is 0 Å². The fraction of sp³-hybridized carbons (Fsp3) is 0.368. The van der Waals surface area contributed by atoms with Gasteiger partial charge in [-0.2, -0.15) is 0 Å². The topological polar surface area (TPSA) is 40.5 Å². The molecule has 0 aromatic heterocycles. The molecule has 0 amide bonds. The summed E-state index contributed by atoms with van der Waals surface area (Å²) in [5.41, 5.74) is 3.44. The highest BCUT2D eigenvalue weighted by Gasteiger charge is 2.16. The summed E-state index contributed by atoms with van der Waals surface area (Å²) in [6, 6.07) is 13.3. The third-order valence-corrected chi connectivity index (χ3v) is 4.51. The van der Waals surface area contributed by atoms with E-state index in [1.165, 1.54) is 37.7 Å². The first-order valence-electron chi connectivity index (χ1n) is 7.82. The zero-order chi connectivity index (χ0) is 14.7. The smallest absolute Gasteiger partial charge is 0.119 e. The van der Waals surface area contributed by atoms with Gasteiger partial charge < -0.3 is 10.2 Å². The molecule has 1 aliphatic rings. The Balaban J connectivity index is 1.82. The monoisotopic (exact) mass is 282 g/mol. The SMILES string of the molecule is Oc1ccc(Cc2cc(C3CCCCC3)ccc2O)cc1. The second-order valence-corrected chi connectivity index (χ2v) is 6.07. The second kappa shape index (κ2) is 6.21. The van der Waals surface area contributed by atoms with Crippen molar-refractivity contribution in [3.8, 4) is 11.5 Å². The summed E-state index contributed by atoms with van der Waals surface area (Å²) in [7, 11) is 0. The first kappa shape index (κ1) is 14.0. The molecule has 0 spiro atoms. The van der Waals surface area contributed by atoms with Gasteiger partial charge in [0.15, 0.2) is 0 Å². The highest BCUT2D eigenvalue weighted by atomic mass is 16.3. The van der Waals surface area contributed by atoms with Gasteiger partial charge in [-0.3, -0.25) is 0 Å². The van der Waals surface area contributed by atoms with Gasteiger partial charge in [0, 0.05) is 6.42 Å². The molecular weight excluding hydrogens is 260 g/mol. The van der Waals surface area contributed by atoms with Crippen molar-refractivity contribution in [1.29, 1.82) is 0 Å². The molecule has 2 aromatic carbocycles. The summed E-state index contributed by atoms with van der Waals surface area (Å²) in [4.78, 5) is 0. The van der Waals surface area contributed by atoms with Crippen molar-refractivity contribution in [2.75, 3.05) is 0 Å². The van der Waals surface area contributed by atoms with Gasteiger partial charge in [-0.25, -0.2) is 0 Å². The minimum Gasteiger partial charge on any atom is -0.508 e. The molecule has 2 N–H and O–H groups in total. The molecule has 110 valence electrons. The molecule has 2 aromatic rings. The number of hydrogen-bond acceptors (Lipinski definition) is 2. The van der Waals surface area contributed by atoms with E-state index in [1.54, 1.807) is 12.1 Å². The van der Waals surface area contributed by atoms with Crippen molar-refractivity contribution in [3.63, 3.8) is 0 Å². The van der Waals surface area contributed by atoms with E-state index >= 15 is 0 Å². The third kappa shape index (κ3) is 3.38. The number of aromatic hydroxyl groups is 2. The predicted molar refractivity (Wildman–Crippen MR) is 84.8 cm³/mol. The van der Waals surface area contributed by atoms with Gasteiger partial charge in [0.25, 0.3) is 0 Å². The van der Waals surface area contributed by atoms with E-state index < -0.39 is 0 Å². The summed E-state index contributed by atoms with van der Waals surface area (Å²) in [6.07, 6.45) is 7.23. The van der Waals surface area contributed by atoms with Gasteiger partial charge in [0.1, 0.15) is 11.5 Å². The molecule has 0 atom stereocenters. The van der Waals surface area contributed by atoms with Crippen LogP contribution in [0.25, 0.3) is 0 Å². The first-order valence-corrected chi connectivity index (χ1v) is 7.82. The van der Waals surface area contributed by atoms with E-state index in [0.717, 1.165) is 11.1 Å². The molecule has 0 radical (unpaired) electrons. The zero-order valence-electron chi connectivity index (χ0n) is 12.3. The van der Waals surface area contributed by atoms with Crippen molar-refractivity contribution in [2.45, 2.75) is 44.4 Å². The normalized spacial score (nSPS) is 16.0. The maximum atomic E-state index is 10.1. The van der Waals surface area contributed by atoms with Crippen LogP contribution in [0.15, 0.2) is 42.5 Å². The Morgan fingerprint density at radius 1 is 0.857 bits per heavy atom. The Morgan fingerprint density at radius 2 is 1.57 bits per heavy atom. The lowest BCUT2D eigenvalue weighted by atomic mass is 9.83. The minimum absolute atomic E-state index is 0.277. The average Bonchev–Trinajstić information content (AvgIpc) is 2.52. The van der Waals surface area contributed by atoms with E-state index in [2.05, 4.69) is 12.1 Å². The fourth-order valence-electron chi connectivity index (χ4n) is 3.27. The number of phenolic OH excluding ortho intramolecular Hbond substituents is 2. The van der Waals surface area contributed by atoms with Gasteiger partial charge >= 0.3 is 0 Å². The van der Waals surface area contributed by atoms with Gasteiger partial charge in [-0.1, -0.05) is 43.5 Å². The lowest BCUT2D eigenvalue weighted by Crippen LogP contribution is -2.05. The lowest BCUT2D eigenvalue weighted by Gasteiger charge is -2.22. The lowest BCUT2D eigenvalue weighted by molar-refractivity contribution is 0.441. The Bertz CT molecular complexity index is 595. The Morgan fingerprint density at radius 3 is 2.29 bits per heavy atom. The van der Waals surface area contributed by atoms with Crippen LogP contribution in [0, 0.1) is 0 Å². The standard InChI is InChI=1S/C19H22O2/c20-18-9-6-14(7-10-18)12-17-13-16(8-11-19(17)21)15-4-2-1-3-5-15/h6-11,13,15,20-21H,1-5,12H2. The number of phenols is 2. The molecule has 0 heterocycles. The van der Waals surface area contributed by atoms with Crippen LogP contribution >= 0.6 is 0 Å². The summed E-state index contributed by atoms with van der Waals surface area (Å²) < 4.78 is 0. The maximum Gasteiger partial charge on any atom is 0.119 e. The molecule has 1 saturated carbocycles. The highest BCUT2D eigenvalue weighted by Crippen LogP contribution is 2.35. The summed E-state index contributed by atoms with van der Waals surface area (Å²) in [5.74, 6) is 1.29. The molecule has 3 rings (SSSR count). The molecule has 21 heavy (non-hydrogen) atoms. The average molecular weight is 282 g/mol. The minimum atomic E-state index is 0.277. The van der Waals surface area contributed by atoms with Crippen LogP contribution in [0.3, 0.4) is 0 Å². The molecule has 0 unspecified atom stereocenters. The van der Waals surface area contributed by atoms with Gasteiger partial charge in [0.05, 0.1) is 0 Å². The van der Waals surface area contributed by atoms with Gasteiger partial charge in [0.2, 0.25) is 0 Å². The maximum absolute atomic E-state index is 10.1. The van der Waals surface area contributed by atoms with Crippen molar-refractivity contribution >= 4 is 0 Å². The number of hydrogen-bond donors (Lipinski definition) is 2. The van der Waals surface area contributed by atoms with E-state index in [-0.39, 0.29) is 5.75 Å². The van der Waals surface area contributed by atoms with Crippen molar-refractivity contribution in [1.82, 2.24) is 0 Å². The van der Waals surface area contributed by atoms with E-state index in [1.807, 2.05) is 18.2 Å². The Kier molecular flexibility index (Phi) is 4.14. The summed E-state index contributed by atoms with van der Waals surface area (Å²) >= 11 is 0. The fourth-order valence-corrected chi connectivity index (χ4v) is 3.27. The van der Waals surface area contributed by atoms with Crippen LogP contribution in [0.5, 0.6) is 11.5 Å². The first-order chi connectivity index (χ1) is 10.2. The molecule has 2 nitrogen and oxygen atoms in total. The largest absolute Gasteiger partial charge is 0.508 e.